The van der Waals surface area contributed by atoms with Crippen LogP contribution in [0, 0.1) is 11.8 Å². The van der Waals surface area contributed by atoms with Crippen LogP contribution in [-0.2, 0) is 11.2 Å². The third-order valence-electron chi connectivity index (χ3n) is 4.18. The van der Waals surface area contributed by atoms with Gasteiger partial charge in [-0.05, 0) is 42.4 Å². The van der Waals surface area contributed by atoms with Crippen molar-refractivity contribution < 1.29 is 14.3 Å². The summed E-state index contributed by atoms with van der Waals surface area (Å²) >= 11 is 0. The zero-order chi connectivity index (χ0) is 16.8. The quantitative estimate of drug-likeness (QED) is 0.756. The molecule has 2 rings (SSSR count). The molecule has 4 heteroatoms. The fourth-order valence-electron chi connectivity index (χ4n) is 3.22. The molecule has 126 valence electrons. The number of rotatable bonds is 6. The first-order chi connectivity index (χ1) is 11.0. The number of piperidine rings is 1. The van der Waals surface area contributed by atoms with Crippen LogP contribution >= 0.6 is 0 Å². The highest BCUT2D eigenvalue weighted by Crippen LogP contribution is 2.28. The number of nitrogens with zero attached hydrogens (tertiary/aromatic N) is 1. The number of hydrogen-bond acceptors (Lipinski definition) is 3. The Kier molecular flexibility index (Phi) is 6.08. The van der Waals surface area contributed by atoms with Crippen molar-refractivity contribution in [2.45, 2.75) is 26.7 Å². The van der Waals surface area contributed by atoms with Crippen LogP contribution in [0.15, 0.2) is 30.9 Å². The Morgan fingerprint density at radius 3 is 2.61 bits per heavy atom. The van der Waals surface area contributed by atoms with Crippen LogP contribution in [0.5, 0.6) is 11.5 Å². The molecule has 2 atom stereocenters. The minimum atomic E-state index is 0.0422. The zero-order valence-electron chi connectivity index (χ0n) is 14.4. The van der Waals surface area contributed by atoms with E-state index in [4.69, 9.17) is 9.47 Å². The summed E-state index contributed by atoms with van der Waals surface area (Å²) in [4.78, 5) is 14.3. The molecule has 2 unspecified atom stereocenters. The van der Waals surface area contributed by atoms with Crippen molar-refractivity contribution in [2.24, 2.45) is 11.8 Å². The van der Waals surface area contributed by atoms with Gasteiger partial charge in [0.15, 0.2) is 18.1 Å². The third kappa shape index (κ3) is 4.75. The molecular weight excluding hydrogens is 290 g/mol. The molecule has 1 heterocycles. The number of hydrogen-bond donors (Lipinski definition) is 0. The number of amides is 1. The van der Waals surface area contributed by atoms with E-state index in [1.807, 2.05) is 29.2 Å². The van der Waals surface area contributed by atoms with Crippen molar-refractivity contribution in [3.8, 4) is 11.5 Å². The van der Waals surface area contributed by atoms with Crippen LogP contribution in [0.3, 0.4) is 0 Å². The molecule has 1 saturated heterocycles. The lowest BCUT2D eigenvalue weighted by Crippen LogP contribution is -2.44. The summed E-state index contributed by atoms with van der Waals surface area (Å²) in [5.41, 5.74) is 1.11. The summed E-state index contributed by atoms with van der Waals surface area (Å²) in [5, 5.41) is 0. The monoisotopic (exact) mass is 317 g/mol. The van der Waals surface area contributed by atoms with Gasteiger partial charge >= 0.3 is 0 Å². The molecule has 1 aliphatic rings. The van der Waals surface area contributed by atoms with Crippen LogP contribution in [0.4, 0.5) is 0 Å². The Balaban J connectivity index is 1.97. The average Bonchev–Trinajstić information content (AvgIpc) is 2.52. The van der Waals surface area contributed by atoms with Crippen molar-refractivity contribution in [2.75, 3.05) is 26.8 Å². The molecule has 1 fully saturated rings. The Morgan fingerprint density at radius 1 is 1.30 bits per heavy atom. The molecule has 0 aromatic heterocycles. The minimum absolute atomic E-state index is 0.0422. The molecule has 0 N–H and O–H groups in total. The second-order valence-electron chi connectivity index (χ2n) is 6.51. The maximum Gasteiger partial charge on any atom is 0.260 e. The maximum absolute atomic E-state index is 12.4. The van der Waals surface area contributed by atoms with Gasteiger partial charge in [-0.25, -0.2) is 0 Å². The summed E-state index contributed by atoms with van der Waals surface area (Å²) < 4.78 is 11.1. The summed E-state index contributed by atoms with van der Waals surface area (Å²) in [6.07, 6.45) is 3.81. The number of benzene rings is 1. The average molecular weight is 317 g/mol. The molecular formula is C19H27NO3. The van der Waals surface area contributed by atoms with Crippen molar-refractivity contribution in [3.05, 3.63) is 36.4 Å². The van der Waals surface area contributed by atoms with Gasteiger partial charge in [-0.2, -0.15) is 0 Å². The summed E-state index contributed by atoms with van der Waals surface area (Å²) in [6, 6.07) is 5.74. The van der Waals surface area contributed by atoms with Gasteiger partial charge in [0.05, 0.1) is 7.11 Å². The molecule has 23 heavy (non-hydrogen) atoms. The van der Waals surface area contributed by atoms with E-state index < -0.39 is 0 Å². The standard InChI is InChI=1S/C19H27NO3/c1-5-6-16-7-8-17(18(10-16)22-4)23-13-19(21)20-11-14(2)9-15(3)12-20/h5,7-8,10,14-15H,1,6,9,11-13H2,2-4H3. The van der Waals surface area contributed by atoms with Gasteiger partial charge in [-0.1, -0.05) is 26.0 Å². The van der Waals surface area contributed by atoms with E-state index in [2.05, 4.69) is 20.4 Å². The molecule has 0 saturated carbocycles. The fourth-order valence-corrected chi connectivity index (χ4v) is 3.22. The Hall–Kier alpha value is -1.97. The van der Waals surface area contributed by atoms with Crippen LogP contribution in [-0.4, -0.2) is 37.6 Å². The fraction of sp³-hybridized carbons (Fsp3) is 0.526. The number of carbonyl (C=O) groups excluding carboxylic acids is 1. The van der Waals surface area contributed by atoms with Crippen molar-refractivity contribution in [3.63, 3.8) is 0 Å². The smallest absolute Gasteiger partial charge is 0.260 e. The van der Waals surface area contributed by atoms with Crippen molar-refractivity contribution in [1.82, 2.24) is 4.90 Å². The lowest BCUT2D eigenvalue weighted by molar-refractivity contribution is -0.136. The van der Waals surface area contributed by atoms with Gasteiger partial charge in [-0.15, -0.1) is 6.58 Å². The second-order valence-corrected chi connectivity index (χ2v) is 6.51. The first kappa shape index (κ1) is 17.4. The Labute approximate surface area is 139 Å². The number of carbonyl (C=O) groups is 1. The first-order valence-electron chi connectivity index (χ1n) is 8.21. The third-order valence-corrected chi connectivity index (χ3v) is 4.18. The maximum atomic E-state index is 12.4. The number of likely N-dealkylation sites (tertiary alicyclic amines) is 1. The van der Waals surface area contributed by atoms with Crippen LogP contribution in [0.25, 0.3) is 0 Å². The van der Waals surface area contributed by atoms with Crippen LogP contribution < -0.4 is 9.47 Å². The lowest BCUT2D eigenvalue weighted by Gasteiger charge is -2.34. The first-order valence-corrected chi connectivity index (χ1v) is 8.21. The van der Waals surface area contributed by atoms with Gasteiger partial charge in [0.2, 0.25) is 0 Å². The number of methoxy groups -OCH3 is 1. The molecule has 0 bridgehead atoms. The van der Waals surface area contributed by atoms with E-state index in [0.29, 0.717) is 23.3 Å². The SMILES string of the molecule is C=CCc1ccc(OCC(=O)N2CC(C)CC(C)C2)c(OC)c1. The Morgan fingerprint density at radius 2 is 2.00 bits per heavy atom. The predicted octanol–water partition coefficient (Wildman–Crippen LogP) is 3.31. The number of allylic oxidation sites excluding steroid dienone is 1. The van der Waals surface area contributed by atoms with Gasteiger partial charge in [0.25, 0.3) is 5.91 Å². The zero-order valence-corrected chi connectivity index (χ0v) is 14.4. The molecule has 0 radical (unpaired) electrons. The summed E-state index contributed by atoms with van der Waals surface area (Å²) in [5.74, 6) is 2.40. The van der Waals surface area contributed by atoms with E-state index in [-0.39, 0.29) is 12.5 Å². The predicted molar refractivity (Wildman–Crippen MR) is 91.9 cm³/mol. The highest BCUT2D eigenvalue weighted by molar-refractivity contribution is 5.78. The highest BCUT2D eigenvalue weighted by atomic mass is 16.5. The molecule has 1 aromatic carbocycles. The summed E-state index contributed by atoms with van der Waals surface area (Å²) in [7, 11) is 1.61. The van der Waals surface area contributed by atoms with E-state index in [1.165, 1.54) is 6.42 Å². The van der Waals surface area contributed by atoms with E-state index >= 15 is 0 Å². The topological polar surface area (TPSA) is 38.8 Å². The highest BCUT2D eigenvalue weighted by Gasteiger charge is 2.25. The number of ether oxygens (including phenoxy) is 2. The molecule has 1 aliphatic heterocycles. The lowest BCUT2D eigenvalue weighted by atomic mass is 9.92. The van der Waals surface area contributed by atoms with Gasteiger partial charge in [-0.3, -0.25) is 4.79 Å². The van der Waals surface area contributed by atoms with Crippen LogP contribution in [0.1, 0.15) is 25.8 Å². The minimum Gasteiger partial charge on any atom is -0.493 e. The summed E-state index contributed by atoms with van der Waals surface area (Å²) in [6.45, 7) is 9.82. The second kappa shape index (κ2) is 8.04. The molecule has 1 amide bonds. The Bertz CT molecular complexity index is 546. The van der Waals surface area contributed by atoms with Crippen LogP contribution in [0.2, 0.25) is 0 Å². The van der Waals surface area contributed by atoms with Gasteiger partial charge in [0.1, 0.15) is 0 Å². The molecule has 0 spiro atoms. The van der Waals surface area contributed by atoms with Gasteiger partial charge in [0, 0.05) is 13.1 Å². The van der Waals surface area contributed by atoms with E-state index in [0.717, 1.165) is 25.1 Å². The molecule has 1 aromatic rings. The molecule has 0 aliphatic carbocycles. The van der Waals surface area contributed by atoms with E-state index in [1.54, 1.807) is 7.11 Å². The largest absolute Gasteiger partial charge is 0.493 e. The van der Waals surface area contributed by atoms with Crippen molar-refractivity contribution >= 4 is 5.91 Å². The molecule has 4 nitrogen and oxygen atoms in total. The van der Waals surface area contributed by atoms with Gasteiger partial charge < -0.3 is 14.4 Å². The van der Waals surface area contributed by atoms with Crippen molar-refractivity contribution in [1.29, 1.82) is 0 Å². The normalized spacial score (nSPS) is 20.9. The van der Waals surface area contributed by atoms with E-state index in [9.17, 15) is 4.79 Å².